The molecular weight excluding hydrogens is 287 g/mol. The number of benzene rings is 1. The topological polar surface area (TPSA) is 60.9 Å². The first-order valence-electron chi connectivity index (χ1n) is 5.92. The van der Waals surface area contributed by atoms with Crippen LogP contribution in [0.15, 0.2) is 18.2 Å². The fraction of sp³-hybridized carbons (Fsp3) is 0.385. The van der Waals surface area contributed by atoms with E-state index in [1.807, 2.05) is 19.0 Å². The van der Waals surface area contributed by atoms with Crippen molar-refractivity contribution in [3.63, 3.8) is 0 Å². The van der Waals surface area contributed by atoms with Crippen LogP contribution in [-0.2, 0) is 4.79 Å². The zero-order chi connectivity index (χ0) is 15.3. The van der Waals surface area contributed by atoms with Gasteiger partial charge >= 0.3 is 5.97 Å². The molecule has 110 valence electrons. The molecule has 0 radical (unpaired) electrons. The van der Waals surface area contributed by atoms with Crippen molar-refractivity contribution in [2.45, 2.75) is 0 Å². The highest BCUT2D eigenvalue weighted by Crippen LogP contribution is 2.19. The maximum atomic E-state index is 13.0. The Hall–Kier alpha value is -1.66. The molecule has 0 aliphatic rings. The van der Waals surface area contributed by atoms with Crippen molar-refractivity contribution in [1.82, 2.24) is 9.80 Å². The molecule has 0 heterocycles. The standard InChI is InChI=1S/C13H16ClFN2O3/c1-16(2)5-6-17(8-12(18)19)13(20)10-4-3-9(15)7-11(10)14/h3-4,7H,5-6,8H2,1-2H3,(H,18,19). The number of hydrogen-bond donors (Lipinski definition) is 1. The number of rotatable bonds is 6. The Morgan fingerprint density at radius 1 is 1.30 bits per heavy atom. The van der Waals surface area contributed by atoms with Crippen LogP contribution in [0.4, 0.5) is 4.39 Å². The molecule has 1 aromatic carbocycles. The molecule has 0 fully saturated rings. The van der Waals surface area contributed by atoms with Crippen LogP contribution in [0.2, 0.25) is 5.02 Å². The minimum atomic E-state index is -1.12. The van der Waals surface area contributed by atoms with E-state index >= 15 is 0 Å². The van der Waals surface area contributed by atoms with Crippen molar-refractivity contribution < 1.29 is 19.1 Å². The molecule has 1 aromatic rings. The van der Waals surface area contributed by atoms with Crippen LogP contribution in [-0.4, -0.2) is 60.5 Å². The van der Waals surface area contributed by atoms with Gasteiger partial charge in [0.15, 0.2) is 0 Å². The lowest BCUT2D eigenvalue weighted by Crippen LogP contribution is -2.40. The first-order valence-corrected chi connectivity index (χ1v) is 6.30. The van der Waals surface area contributed by atoms with Crippen LogP contribution in [0.1, 0.15) is 10.4 Å². The summed E-state index contributed by atoms with van der Waals surface area (Å²) in [5.41, 5.74) is 0.0908. The average Bonchev–Trinajstić information content (AvgIpc) is 2.33. The van der Waals surface area contributed by atoms with Gasteiger partial charge in [-0.15, -0.1) is 0 Å². The van der Waals surface area contributed by atoms with Crippen molar-refractivity contribution >= 4 is 23.5 Å². The number of carboxylic acids is 1. The van der Waals surface area contributed by atoms with Crippen molar-refractivity contribution in [1.29, 1.82) is 0 Å². The van der Waals surface area contributed by atoms with E-state index in [1.165, 1.54) is 11.0 Å². The molecular formula is C13H16ClFN2O3. The summed E-state index contributed by atoms with van der Waals surface area (Å²) in [4.78, 5) is 26.1. The number of likely N-dealkylation sites (N-methyl/N-ethyl adjacent to an activating group) is 1. The molecule has 7 heteroatoms. The summed E-state index contributed by atoms with van der Waals surface area (Å²) in [6, 6.07) is 3.40. The minimum absolute atomic E-state index is 0.0322. The molecule has 1 rings (SSSR count). The smallest absolute Gasteiger partial charge is 0.323 e. The number of amides is 1. The maximum absolute atomic E-state index is 13.0. The van der Waals surface area contributed by atoms with Gasteiger partial charge in [-0.3, -0.25) is 9.59 Å². The minimum Gasteiger partial charge on any atom is -0.480 e. The van der Waals surface area contributed by atoms with E-state index in [0.717, 1.165) is 12.1 Å². The summed E-state index contributed by atoms with van der Waals surface area (Å²) < 4.78 is 13.0. The largest absolute Gasteiger partial charge is 0.480 e. The van der Waals surface area contributed by atoms with Gasteiger partial charge in [0, 0.05) is 13.1 Å². The summed E-state index contributed by atoms with van der Waals surface area (Å²) in [5, 5.41) is 8.83. The Labute approximate surface area is 121 Å². The van der Waals surface area contributed by atoms with Gasteiger partial charge in [-0.05, 0) is 32.3 Å². The zero-order valence-corrected chi connectivity index (χ0v) is 12.0. The highest BCUT2D eigenvalue weighted by atomic mass is 35.5. The normalized spacial score (nSPS) is 10.7. The van der Waals surface area contributed by atoms with Crippen LogP contribution in [0.5, 0.6) is 0 Å². The number of hydrogen-bond acceptors (Lipinski definition) is 3. The SMILES string of the molecule is CN(C)CCN(CC(=O)O)C(=O)c1ccc(F)cc1Cl. The lowest BCUT2D eigenvalue weighted by atomic mass is 10.2. The second-order valence-electron chi connectivity index (χ2n) is 4.55. The Morgan fingerprint density at radius 2 is 1.95 bits per heavy atom. The van der Waals surface area contributed by atoms with E-state index < -0.39 is 24.2 Å². The van der Waals surface area contributed by atoms with Crippen molar-refractivity contribution in [2.75, 3.05) is 33.7 Å². The van der Waals surface area contributed by atoms with E-state index in [9.17, 15) is 14.0 Å². The van der Waals surface area contributed by atoms with E-state index in [4.69, 9.17) is 16.7 Å². The number of nitrogens with zero attached hydrogens (tertiary/aromatic N) is 2. The first kappa shape index (κ1) is 16.4. The predicted octanol–water partition coefficient (Wildman–Crippen LogP) is 1.57. The monoisotopic (exact) mass is 302 g/mol. The van der Waals surface area contributed by atoms with Crippen molar-refractivity contribution in [3.05, 3.63) is 34.6 Å². The number of carbonyl (C=O) groups is 2. The number of carbonyl (C=O) groups excluding carboxylic acids is 1. The molecule has 5 nitrogen and oxygen atoms in total. The van der Waals surface area contributed by atoms with Gasteiger partial charge in [-0.2, -0.15) is 0 Å². The number of carboxylic acid groups (broad SMARTS) is 1. The van der Waals surface area contributed by atoms with E-state index in [2.05, 4.69) is 0 Å². The maximum Gasteiger partial charge on any atom is 0.323 e. The lowest BCUT2D eigenvalue weighted by Gasteiger charge is -2.23. The second-order valence-corrected chi connectivity index (χ2v) is 4.96. The van der Waals surface area contributed by atoms with Gasteiger partial charge in [0.05, 0.1) is 10.6 Å². The molecule has 0 atom stereocenters. The van der Waals surface area contributed by atoms with Crippen LogP contribution in [0.25, 0.3) is 0 Å². The summed E-state index contributed by atoms with van der Waals surface area (Å²) in [6.45, 7) is 0.323. The highest BCUT2D eigenvalue weighted by molar-refractivity contribution is 6.33. The Balaban J connectivity index is 2.93. The van der Waals surface area contributed by atoms with Gasteiger partial charge in [0.1, 0.15) is 12.4 Å². The molecule has 0 bridgehead atoms. The lowest BCUT2D eigenvalue weighted by molar-refractivity contribution is -0.137. The van der Waals surface area contributed by atoms with Gasteiger partial charge in [-0.1, -0.05) is 11.6 Å². The molecule has 0 aliphatic heterocycles. The van der Waals surface area contributed by atoms with Gasteiger partial charge in [0.2, 0.25) is 0 Å². The molecule has 0 spiro atoms. The first-order chi connectivity index (χ1) is 9.31. The molecule has 0 saturated carbocycles. The number of halogens is 2. The fourth-order valence-corrected chi connectivity index (χ4v) is 1.82. The summed E-state index contributed by atoms with van der Waals surface area (Å²) in [6.07, 6.45) is 0. The van der Waals surface area contributed by atoms with Crippen LogP contribution in [0, 0.1) is 5.82 Å². The van der Waals surface area contributed by atoms with Gasteiger partial charge in [0.25, 0.3) is 5.91 Å². The quantitative estimate of drug-likeness (QED) is 0.866. The Morgan fingerprint density at radius 3 is 2.45 bits per heavy atom. The van der Waals surface area contributed by atoms with Crippen LogP contribution in [0.3, 0.4) is 0 Å². The van der Waals surface area contributed by atoms with Crippen molar-refractivity contribution in [3.8, 4) is 0 Å². The zero-order valence-electron chi connectivity index (χ0n) is 11.3. The van der Waals surface area contributed by atoms with E-state index in [1.54, 1.807) is 0 Å². The van der Waals surface area contributed by atoms with Gasteiger partial charge in [-0.25, -0.2) is 4.39 Å². The highest BCUT2D eigenvalue weighted by Gasteiger charge is 2.21. The molecule has 0 aromatic heterocycles. The van der Waals surface area contributed by atoms with Crippen LogP contribution < -0.4 is 0 Å². The molecule has 0 unspecified atom stereocenters. The third-order valence-corrected chi connectivity index (χ3v) is 2.90. The van der Waals surface area contributed by atoms with Crippen LogP contribution >= 0.6 is 11.6 Å². The third-order valence-electron chi connectivity index (χ3n) is 2.59. The molecule has 1 N–H and O–H groups in total. The molecule has 1 amide bonds. The summed E-state index contributed by atoms with van der Waals surface area (Å²) >= 11 is 5.82. The fourth-order valence-electron chi connectivity index (χ4n) is 1.57. The predicted molar refractivity (Wildman–Crippen MR) is 73.5 cm³/mol. The summed E-state index contributed by atoms with van der Waals surface area (Å²) in [5.74, 6) is -2.20. The second kappa shape index (κ2) is 7.21. The third kappa shape index (κ3) is 4.79. The molecule has 0 saturated heterocycles. The Kier molecular flexibility index (Phi) is 5.91. The molecule has 0 aliphatic carbocycles. The molecule has 20 heavy (non-hydrogen) atoms. The number of aliphatic carboxylic acids is 1. The van der Waals surface area contributed by atoms with Crippen molar-refractivity contribution in [2.24, 2.45) is 0 Å². The Bertz CT molecular complexity index is 508. The van der Waals surface area contributed by atoms with E-state index in [-0.39, 0.29) is 17.1 Å². The van der Waals surface area contributed by atoms with E-state index in [0.29, 0.717) is 6.54 Å². The average molecular weight is 303 g/mol. The summed E-state index contributed by atoms with van der Waals surface area (Å²) in [7, 11) is 3.63. The van der Waals surface area contributed by atoms with Gasteiger partial charge < -0.3 is 14.9 Å².